The number of pyridine rings is 1. The van der Waals surface area contributed by atoms with E-state index in [1.807, 2.05) is 0 Å². The summed E-state index contributed by atoms with van der Waals surface area (Å²) in [4.78, 5) is 32.7. The van der Waals surface area contributed by atoms with Crippen LogP contribution in [0.1, 0.15) is 44.0 Å². The molecule has 2 aromatic heterocycles. The molecule has 0 spiro atoms. The van der Waals surface area contributed by atoms with Crippen LogP contribution in [0.3, 0.4) is 0 Å². The van der Waals surface area contributed by atoms with Crippen LogP contribution in [0.2, 0.25) is 0 Å². The number of alkyl halides is 1. The number of halogens is 1. The highest BCUT2D eigenvalue weighted by Gasteiger charge is 2.28. The lowest BCUT2D eigenvalue weighted by Gasteiger charge is -2.27. The van der Waals surface area contributed by atoms with Crippen LogP contribution >= 0.6 is 0 Å². The Labute approximate surface area is 196 Å². The molecule has 2 heterocycles. The first kappa shape index (κ1) is 25.3. The molecule has 1 aliphatic rings. The summed E-state index contributed by atoms with van der Waals surface area (Å²) in [5.41, 5.74) is 2.06. The Morgan fingerprint density at radius 2 is 2.12 bits per heavy atom. The van der Waals surface area contributed by atoms with Crippen LogP contribution < -0.4 is 4.74 Å². The van der Waals surface area contributed by atoms with Gasteiger partial charge in [-0.15, -0.1) is 10.2 Å². The molecule has 1 unspecified atom stereocenters. The van der Waals surface area contributed by atoms with E-state index in [0.717, 1.165) is 17.9 Å². The van der Waals surface area contributed by atoms with Crippen LogP contribution in [0.25, 0.3) is 11.4 Å². The van der Waals surface area contributed by atoms with Crippen LogP contribution in [-0.4, -0.2) is 68.1 Å². The van der Waals surface area contributed by atoms with Gasteiger partial charge in [0.05, 0.1) is 30.0 Å². The van der Waals surface area contributed by atoms with E-state index >= 15 is 0 Å². The third-order valence-electron chi connectivity index (χ3n) is 5.56. The molecule has 1 fully saturated rings. The SMILES string of the molecule is Cc1nc(-c2nnn(C)c2COC(=O)ON(C)CC(C)F)ccc1O[C@H]1CCC[C@H](C(=O)O)C1. The summed E-state index contributed by atoms with van der Waals surface area (Å²) in [6.45, 7) is 2.89. The molecule has 11 nitrogen and oxygen atoms in total. The summed E-state index contributed by atoms with van der Waals surface area (Å²) in [7, 11) is 3.09. The molecule has 1 aliphatic carbocycles. The summed E-state index contributed by atoms with van der Waals surface area (Å²) in [5, 5.41) is 18.5. The van der Waals surface area contributed by atoms with Gasteiger partial charge in [-0.1, -0.05) is 5.21 Å². The molecule has 1 N–H and O–H groups in total. The lowest BCUT2D eigenvalue weighted by atomic mass is 9.87. The molecular formula is C22H30FN5O6. The topological polar surface area (TPSA) is 129 Å². The molecule has 0 radical (unpaired) electrons. The highest BCUT2D eigenvalue weighted by Crippen LogP contribution is 2.30. The van der Waals surface area contributed by atoms with Gasteiger partial charge in [0.1, 0.15) is 29.9 Å². The van der Waals surface area contributed by atoms with Crippen LogP contribution in [-0.2, 0) is 28.0 Å². The second kappa shape index (κ2) is 11.2. The van der Waals surface area contributed by atoms with E-state index < -0.39 is 18.3 Å². The number of rotatable bonds is 9. The first-order valence-electron chi connectivity index (χ1n) is 11.1. The Balaban J connectivity index is 1.66. The van der Waals surface area contributed by atoms with E-state index in [2.05, 4.69) is 15.3 Å². The van der Waals surface area contributed by atoms with E-state index in [0.29, 0.717) is 41.4 Å². The van der Waals surface area contributed by atoms with Gasteiger partial charge in [-0.25, -0.2) is 18.9 Å². The molecular weight excluding hydrogens is 449 g/mol. The third-order valence-corrected chi connectivity index (χ3v) is 5.56. The Hall–Kier alpha value is -3.28. The number of aryl methyl sites for hydroxylation is 2. The minimum atomic E-state index is -1.16. The number of hydrogen-bond acceptors (Lipinski definition) is 9. The Bertz CT molecular complexity index is 1010. The minimum Gasteiger partial charge on any atom is -0.489 e. The van der Waals surface area contributed by atoms with Crippen molar-refractivity contribution in [3.8, 4) is 17.1 Å². The van der Waals surface area contributed by atoms with Crippen molar-refractivity contribution in [2.24, 2.45) is 13.0 Å². The standard InChI is InChI=1S/C22H30FN5O6/c1-13(23)11-27(3)34-22(31)32-12-18-20(25-26-28(18)4)17-8-9-19(14(2)24-17)33-16-7-5-6-15(10-16)21(29)30/h8-9,13,15-16H,5-7,10-12H2,1-4H3,(H,29,30)/t13?,15-,16-/m0/s1. The summed E-state index contributed by atoms with van der Waals surface area (Å²) >= 11 is 0. The second-order valence-electron chi connectivity index (χ2n) is 8.45. The predicted molar refractivity (Wildman–Crippen MR) is 117 cm³/mol. The van der Waals surface area contributed by atoms with Gasteiger partial charge in [0, 0.05) is 14.1 Å². The van der Waals surface area contributed by atoms with Crippen molar-refractivity contribution < 1.29 is 33.4 Å². The number of carbonyl (C=O) groups is 2. The van der Waals surface area contributed by atoms with E-state index in [1.165, 1.54) is 18.7 Å². The third kappa shape index (κ3) is 6.62. The Morgan fingerprint density at radius 3 is 2.79 bits per heavy atom. The van der Waals surface area contributed by atoms with Gasteiger partial charge in [-0.2, -0.15) is 0 Å². The fourth-order valence-electron chi connectivity index (χ4n) is 3.87. The number of carboxylic acid groups (broad SMARTS) is 1. The number of hydroxylamine groups is 2. The van der Waals surface area contributed by atoms with Gasteiger partial charge in [0.25, 0.3) is 0 Å². The summed E-state index contributed by atoms with van der Waals surface area (Å²) in [5.74, 6) is -0.598. The van der Waals surface area contributed by atoms with Crippen LogP contribution in [0.15, 0.2) is 12.1 Å². The van der Waals surface area contributed by atoms with Gasteiger partial charge in [-0.05, 0) is 51.7 Å². The van der Waals surface area contributed by atoms with Crippen molar-refractivity contribution in [3.05, 3.63) is 23.5 Å². The number of nitrogens with zero attached hydrogens (tertiary/aromatic N) is 5. The minimum absolute atomic E-state index is 0.0803. The second-order valence-corrected chi connectivity index (χ2v) is 8.45. The van der Waals surface area contributed by atoms with Gasteiger partial charge in [0.15, 0.2) is 0 Å². The molecule has 2 aromatic rings. The quantitative estimate of drug-likeness (QED) is 0.423. The predicted octanol–water partition coefficient (Wildman–Crippen LogP) is 3.07. The molecule has 0 aromatic carbocycles. The Kier molecular flexibility index (Phi) is 8.37. The summed E-state index contributed by atoms with van der Waals surface area (Å²) in [6, 6.07) is 3.49. The molecule has 1 saturated carbocycles. The molecule has 3 atom stereocenters. The highest BCUT2D eigenvalue weighted by molar-refractivity contribution is 5.70. The normalized spacial score (nSPS) is 19.0. The number of hydrogen-bond donors (Lipinski definition) is 1. The molecule has 3 rings (SSSR count). The van der Waals surface area contributed by atoms with Gasteiger partial charge in [0.2, 0.25) is 0 Å². The van der Waals surface area contributed by atoms with E-state index in [9.17, 15) is 19.1 Å². The van der Waals surface area contributed by atoms with E-state index in [4.69, 9.17) is 14.3 Å². The summed E-state index contributed by atoms with van der Waals surface area (Å²) in [6.07, 6.45) is 0.427. The van der Waals surface area contributed by atoms with Crippen LogP contribution in [0.4, 0.5) is 9.18 Å². The van der Waals surface area contributed by atoms with Crippen molar-refractivity contribution >= 4 is 12.1 Å². The van der Waals surface area contributed by atoms with E-state index in [-0.39, 0.29) is 25.2 Å². The number of carboxylic acids is 1. The molecule has 186 valence electrons. The largest absolute Gasteiger partial charge is 0.528 e. The zero-order chi connectivity index (χ0) is 24.8. The van der Waals surface area contributed by atoms with Crippen molar-refractivity contribution in [2.75, 3.05) is 13.6 Å². The maximum atomic E-state index is 13.0. The van der Waals surface area contributed by atoms with E-state index in [1.54, 1.807) is 26.1 Å². The zero-order valence-corrected chi connectivity index (χ0v) is 19.7. The fourth-order valence-corrected chi connectivity index (χ4v) is 3.87. The Morgan fingerprint density at radius 1 is 1.35 bits per heavy atom. The lowest BCUT2D eigenvalue weighted by molar-refractivity contribution is -0.143. The maximum absolute atomic E-state index is 13.0. The maximum Gasteiger partial charge on any atom is 0.528 e. The number of aliphatic carboxylic acids is 1. The van der Waals surface area contributed by atoms with Gasteiger partial charge < -0.3 is 19.4 Å². The van der Waals surface area contributed by atoms with Crippen LogP contribution in [0.5, 0.6) is 5.75 Å². The average Bonchev–Trinajstić information content (AvgIpc) is 3.13. The zero-order valence-electron chi connectivity index (χ0n) is 19.7. The molecule has 12 heteroatoms. The van der Waals surface area contributed by atoms with Crippen molar-refractivity contribution in [1.29, 1.82) is 0 Å². The van der Waals surface area contributed by atoms with Crippen molar-refractivity contribution in [1.82, 2.24) is 25.0 Å². The first-order chi connectivity index (χ1) is 16.1. The van der Waals surface area contributed by atoms with Crippen molar-refractivity contribution in [2.45, 2.75) is 58.4 Å². The monoisotopic (exact) mass is 479 g/mol. The first-order valence-corrected chi connectivity index (χ1v) is 11.1. The number of carbonyl (C=O) groups excluding carboxylic acids is 1. The molecule has 0 amide bonds. The van der Waals surface area contributed by atoms with Crippen LogP contribution in [0, 0.1) is 12.8 Å². The number of ether oxygens (including phenoxy) is 2. The average molecular weight is 480 g/mol. The molecule has 0 aliphatic heterocycles. The number of aromatic nitrogens is 4. The fraction of sp³-hybridized carbons (Fsp3) is 0.591. The van der Waals surface area contributed by atoms with Crippen molar-refractivity contribution in [3.63, 3.8) is 0 Å². The smallest absolute Gasteiger partial charge is 0.489 e. The van der Waals surface area contributed by atoms with Gasteiger partial charge >= 0.3 is 12.1 Å². The molecule has 0 bridgehead atoms. The lowest BCUT2D eigenvalue weighted by Crippen LogP contribution is -2.29. The molecule has 34 heavy (non-hydrogen) atoms. The molecule has 0 saturated heterocycles. The highest BCUT2D eigenvalue weighted by atomic mass is 19.1. The summed E-state index contributed by atoms with van der Waals surface area (Å²) < 4.78 is 25.7. The van der Waals surface area contributed by atoms with Gasteiger partial charge in [-0.3, -0.25) is 4.79 Å².